The van der Waals surface area contributed by atoms with Crippen LogP contribution in [-0.2, 0) is 9.59 Å². The number of aliphatic carboxylic acids is 2. The molecule has 15 heteroatoms. The first-order valence-electron chi connectivity index (χ1n) is 3.71. The van der Waals surface area contributed by atoms with Crippen molar-refractivity contribution in [2.45, 2.75) is 24.2 Å². The van der Waals surface area contributed by atoms with Gasteiger partial charge >= 0.3 is 69.7 Å². The Labute approximate surface area is 145 Å². The van der Waals surface area contributed by atoms with Gasteiger partial charge in [0.05, 0.1) is 0 Å². The minimum absolute atomic E-state index is 0. The van der Waals surface area contributed by atoms with Crippen LogP contribution in [-0.4, -0.2) is 81.6 Å². The van der Waals surface area contributed by atoms with Crippen LogP contribution < -0.4 is 10.2 Å². The van der Waals surface area contributed by atoms with Crippen molar-refractivity contribution < 1.29 is 63.7 Å². The smallest absolute Gasteiger partial charge is 0.544 e. The van der Waals surface area contributed by atoms with Gasteiger partial charge in [0.15, 0.2) is 0 Å². The second kappa shape index (κ2) is 7.82. The van der Waals surface area contributed by atoms with Crippen molar-refractivity contribution in [2.75, 3.05) is 0 Å². The SMILES string of the molecule is O=C([O-])C(F)(F)C(F)(F)F.O=C([O-])C(F)(F)C(F)(F)F.[Sr+2]. The molecule has 0 heterocycles. The summed E-state index contributed by atoms with van der Waals surface area (Å²) in [5.41, 5.74) is 0. The molecule has 0 aromatic heterocycles. The molecule has 0 aromatic rings. The monoisotopic (exact) mass is 414 g/mol. The zero-order chi connectivity index (χ0) is 17.2. The van der Waals surface area contributed by atoms with Crippen LogP contribution in [0.25, 0.3) is 0 Å². The van der Waals surface area contributed by atoms with Gasteiger partial charge < -0.3 is 19.8 Å². The van der Waals surface area contributed by atoms with Crippen LogP contribution in [0.5, 0.6) is 0 Å². The molecule has 0 saturated heterocycles. The second-order valence-electron chi connectivity index (χ2n) is 2.72. The number of rotatable bonds is 2. The Balaban J connectivity index is -0.000000295. The maximum Gasteiger partial charge on any atom is 2.00 e. The van der Waals surface area contributed by atoms with Crippen LogP contribution in [0.15, 0.2) is 0 Å². The summed E-state index contributed by atoms with van der Waals surface area (Å²) in [5.74, 6) is -18.4. The van der Waals surface area contributed by atoms with Crippen LogP contribution in [0, 0.1) is 0 Å². The molecule has 0 amide bonds. The molecular weight excluding hydrogens is 414 g/mol. The van der Waals surface area contributed by atoms with Crippen LogP contribution in [0.4, 0.5) is 43.9 Å². The summed E-state index contributed by atoms with van der Waals surface area (Å²) in [4.78, 5) is 18.2. The van der Waals surface area contributed by atoms with E-state index < -0.39 is 36.1 Å². The first-order chi connectivity index (χ1) is 8.39. The van der Waals surface area contributed by atoms with E-state index in [-0.39, 0.29) is 45.5 Å². The van der Waals surface area contributed by atoms with Crippen LogP contribution in [0.3, 0.4) is 0 Å². The topological polar surface area (TPSA) is 80.3 Å². The van der Waals surface area contributed by atoms with E-state index in [1.165, 1.54) is 0 Å². The minimum atomic E-state index is -6.08. The normalized spacial score (nSPS) is 12.7. The number of hydrogen-bond donors (Lipinski definition) is 0. The Morgan fingerprint density at radius 3 is 0.714 bits per heavy atom. The molecule has 4 nitrogen and oxygen atoms in total. The summed E-state index contributed by atoms with van der Waals surface area (Å²) in [6, 6.07) is 0. The number of carbonyl (C=O) groups is 2. The molecule has 0 atom stereocenters. The Kier molecular flexibility index (Phi) is 9.56. The molecule has 0 radical (unpaired) electrons. The Morgan fingerprint density at radius 2 is 0.714 bits per heavy atom. The van der Waals surface area contributed by atoms with Crippen molar-refractivity contribution in [1.82, 2.24) is 0 Å². The fourth-order valence-electron chi connectivity index (χ4n) is 0.231. The quantitative estimate of drug-likeness (QED) is 0.451. The summed E-state index contributed by atoms with van der Waals surface area (Å²) in [6.07, 6.45) is -12.2. The standard InChI is InChI=1S/2C3HF5O2.Sr/c2*4-2(5,1(9)10)3(6,7)8;/h2*(H,9,10);/q;;+2/p-2. The van der Waals surface area contributed by atoms with Gasteiger partial charge in [0.1, 0.15) is 11.9 Å². The molecule has 0 aliphatic heterocycles. The number of carboxylic acid groups (broad SMARTS) is 2. The van der Waals surface area contributed by atoms with Crippen molar-refractivity contribution in [3.8, 4) is 0 Å². The first kappa shape index (κ1) is 25.7. The average molecular weight is 414 g/mol. The summed E-state index contributed by atoms with van der Waals surface area (Å²) in [6.45, 7) is 0. The van der Waals surface area contributed by atoms with Gasteiger partial charge in [0, 0.05) is 0 Å². The fraction of sp³-hybridized carbons (Fsp3) is 0.667. The van der Waals surface area contributed by atoms with E-state index in [2.05, 4.69) is 0 Å². The molecule has 0 spiro atoms. The number of carbonyl (C=O) groups excluding carboxylic acids is 2. The minimum Gasteiger partial charge on any atom is -0.544 e. The predicted octanol–water partition coefficient (Wildman–Crippen LogP) is -0.513. The van der Waals surface area contributed by atoms with Crippen LogP contribution in [0.2, 0.25) is 0 Å². The third-order valence-corrected chi connectivity index (χ3v) is 1.22. The molecule has 0 rings (SSSR count). The zero-order valence-electron chi connectivity index (χ0n) is 9.12. The average Bonchev–Trinajstić information content (AvgIpc) is 2.14. The predicted molar refractivity (Wildman–Crippen MR) is 37.8 cm³/mol. The van der Waals surface area contributed by atoms with Gasteiger partial charge in [-0.05, 0) is 0 Å². The molecule has 0 unspecified atom stereocenters. The van der Waals surface area contributed by atoms with Gasteiger partial charge in [-0.15, -0.1) is 0 Å². The van der Waals surface area contributed by atoms with E-state index in [9.17, 15) is 43.9 Å². The van der Waals surface area contributed by atoms with E-state index in [1.807, 2.05) is 0 Å². The van der Waals surface area contributed by atoms with Crippen molar-refractivity contribution in [3.05, 3.63) is 0 Å². The summed E-state index contributed by atoms with van der Waals surface area (Å²) < 4.78 is 111. The van der Waals surface area contributed by atoms with Gasteiger partial charge in [-0.1, -0.05) is 0 Å². The molecule has 21 heavy (non-hydrogen) atoms. The Morgan fingerprint density at radius 1 is 0.571 bits per heavy atom. The molecule has 120 valence electrons. The summed E-state index contributed by atoms with van der Waals surface area (Å²) >= 11 is 0. The molecule has 0 N–H and O–H groups in total. The second-order valence-corrected chi connectivity index (χ2v) is 2.72. The first-order valence-corrected chi connectivity index (χ1v) is 3.71. The van der Waals surface area contributed by atoms with Crippen LogP contribution in [0.1, 0.15) is 0 Å². The molecule has 0 saturated carbocycles. The number of carboxylic acids is 2. The molecule has 0 aromatic carbocycles. The third-order valence-electron chi connectivity index (χ3n) is 1.22. The van der Waals surface area contributed by atoms with Crippen molar-refractivity contribution in [2.24, 2.45) is 0 Å². The molecule has 0 fully saturated rings. The van der Waals surface area contributed by atoms with Gasteiger partial charge in [-0.3, -0.25) is 0 Å². The van der Waals surface area contributed by atoms with E-state index in [4.69, 9.17) is 19.8 Å². The van der Waals surface area contributed by atoms with Crippen molar-refractivity contribution in [1.29, 1.82) is 0 Å². The molecule has 0 aliphatic carbocycles. The van der Waals surface area contributed by atoms with Gasteiger partial charge in [-0.2, -0.15) is 43.9 Å². The Bertz CT molecular complexity index is 337. The number of halogens is 10. The third kappa shape index (κ3) is 7.01. The number of alkyl halides is 10. The van der Waals surface area contributed by atoms with Crippen LogP contribution >= 0.6 is 0 Å². The van der Waals surface area contributed by atoms with Gasteiger partial charge in [-0.25, -0.2) is 0 Å². The molecular formula is C6F10O4Sr. The molecule has 0 aliphatic rings. The van der Waals surface area contributed by atoms with E-state index in [0.717, 1.165) is 0 Å². The van der Waals surface area contributed by atoms with E-state index in [0.29, 0.717) is 0 Å². The van der Waals surface area contributed by atoms with E-state index >= 15 is 0 Å². The fourth-order valence-corrected chi connectivity index (χ4v) is 0.231. The summed E-state index contributed by atoms with van der Waals surface area (Å²) in [7, 11) is 0. The summed E-state index contributed by atoms with van der Waals surface area (Å²) in [5, 5.41) is 18.2. The van der Waals surface area contributed by atoms with Gasteiger partial charge in [0.25, 0.3) is 0 Å². The van der Waals surface area contributed by atoms with Crippen molar-refractivity contribution in [3.63, 3.8) is 0 Å². The maximum atomic E-state index is 11.3. The van der Waals surface area contributed by atoms with Crippen molar-refractivity contribution >= 4 is 57.4 Å². The molecule has 0 bridgehead atoms. The number of hydrogen-bond acceptors (Lipinski definition) is 4. The maximum absolute atomic E-state index is 11.3. The van der Waals surface area contributed by atoms with Gasteiger partial charge in [0.2, 0.25) is 0 Å². The largest absolute Gasteiger partial charge is 2.00 e. The zero-order valence-corrected chi connectivity index (χ0v) is 12.6. The Hall–Kier alpha value is -0.279. The van der Waals surface area contributed by atoms with E-state index in [1.54, 1.807) is 0 Å².